The van der Waals surface area contributed by atoms with E-state index in [1.807, 2.05) is 30.3 Å². The summed E-state index contributed by atoms with van der Waals surface area (Å²) in [7, 11) is -3.72. The second-order valence-electron chi connectivity index (χ2n) is 5.81. The molecule has 2 aromatic carbocycles. The van der Waals surface area contributed by atoms with Crippen molar-refractivity contribution < 1.29 is 17.6 Å². The SMILES string of the molecule is CS(=O)(=O)N(CC(=O)NCCCc1ccccc1)c1ccc(F)c(Cl)c1. The summed E-state index contributed by atoms with van der Waals surface area (Å²) in [4.78, 5) is 12.1. The van der Waals surface area contributed by atoms with Crippen LogP contribution in [0.1, 0.15) is 12.0 Å². The molecule has 0 spiro atoms. The first kappa shape index (κ1) is 20.2. The molecule has 0 aliphatic rings. The van der Waals surface area contributed by atoms with Gasteiger partial charge in [-0.05, 0) is 36.6 Å². The van der Waals surface area contributed by atoms with Gasteiger partial charge in [-0.3, -0.25) is 9.10 Å². The van der Waals surface area contributed by atoms with Gasteiger partial charge in [0.25, 0.3) is 0 Å². The molecule has 0 saturated carbocycles. The standard InChI is InChI=1S/C18H20ClFN2O3S/c1-26(24,25)22(15-9-10-17(20)16(19)12-15)13-18(23)21-11-5-8-14-6-3-2-4-7-14/h2-4,6-7,9-10,12H,5,8,11,13H2,1H3,(H,21,23). The number of hydrogen-bond donors (Lipinski definition) is 1. The summed E-state index contributed by atoms with van der Waals surface area (Å²) in [5.41, 5.74) is 1.30. The molecule has 5 nitrogen and oxygen atoms in total. The molecule has 0 radical (unpaired) electrons. The number of carbonyl (C=O) groups is 1. The van der Waals surface area contributed by atoms with Crippen molar-refractivity contribution in [1.82, 2.24) is 5.32 Å². The molecular formula is C18H20ClFN2O3S. The van der Waals surface area contributed by atoms with Gasteiger partial charge in [0.2, 0.25) is 15.9 Å². The number of nitrogens with one attached hydrogen (secondary N) is 1. The van der Waals surface area contributed by atoms with E-state index in [4.69, 9.17) is 11.6 Å². The topological polar surface area (TPSA) is 66.5 Å². The molecule has 0 atom stereocenters. The number of sulfonamides is 1. The van der Waals surface area contributed by atoms with Crippen LogP contribution in [0, 0.1) is 5.82 Å². The normalized spacial score (nSPS) is 11.2. The number of nitrogens with zero attached hydrogens (tertiary/aromatic N) is 1. The predicted molar refractivity (Wildman–Crippen MR) is 101 cm³/mol. The lowest BCUT2D eigenvalue weighted by Gasteiger charge is -2.22. The fraction of sp³-hybridized carbons (Fsp3) is 0.278. The molecule has 26 heavy (non-hydrogen) atoms. The Labute approximate surface area is 157 Å². The lowest BCUT2D eigenvalue weighted by molar-refractivity contribution is -0.119. The molecule has 0 aliphatic heterocycles. The Bertz CT molecular complexity index is 860. The van der Waals surface area contributed by atoms with Crippen LogP contribution < -0.4 is 9.62 Å². The Morgan fingerprint density at radius 2 is 1.88 bits per heavy atom. The van der Waals surface area contributed by atoms with E-state index in [0.717, 1.165) is 29.5 Å². The highest BCUT2D eigenvalue weighted by molar-refractivity contribution is 7.92. The monoisotopic (exact) mass is 398 g/mol. The minimum atomic E-state index is -3.72. The van der Waals surface area contributed by atoms with Crippen molar-refractivity contribution in [2.24, 2.45) is 0 Å². The van der Waals surface area contributed by atoms with Crippen LogP contribution in [0.25, 0.3) is 0 Å². The van der Waals surface area contributed by atoms with Crippen molar-refractivity contribution in [1.29, 1.82) is 0 Å². The second kappa shape index (κ2) is 9.00. The molecule has 0 aromatic heterocycles. The summed E-state index contributed by atoms with van der Waals surface area (Å²) in [5, 5.41) is 2.49. The number of benzene rings is 2. The van der Waals surface area contributed by atoms with Crippen molar-refractivity contribution in [2.75, 3.05) is 23.7 Å². The number of anilines is 1. The van der Waals surface area contributed by atoms with Gasteiger partial charge in [0.15, 0.2) is 0 Å². The quantitative estimate of drug-likeness (QED) is 0.695. The van der Waals surface area contributed by atoms with E-state index in [-0.39, 0.29) is 10.7 Å². The number of rotatable bonds is 8. The van der Waals surface area contributed by atoms with Gasteiger partial charge < -0.3 is 5.32 Å². The summed E-state index contributed by atoms with van der Waals surface area (Å²) < 4.78 is 38.2. The maximum atomic E-state index is 13.3. The van der Waals surface area contributed by atoms with Crippen LogP contribution in [0.15, 0.2) is 48.5 Å². The molecule has 8 heteroatoms. The van der Waals surface area contributed by atoms with E-state index in [0.29, 0.717) is 6.54 Å². The molecule has 0 aliphatic carbocycles. The minimum absolute atomic E-state index is 0.137. The Morgan fingerprint density at radius 3 is 2.50 bits per heavy atom. The lowest BCUT2D eigenvalue weighted by Crippen LogP contribution is -2.40. The van der Waals surface area contributed by atoms with Crippen LogP contribution in [0.2, 0.25) is 5.02 Å². The fourth-order valence-corrected chi connectivity index (χ4v) is 3.41. The Hall–Kier alpha value is -2.12. The molecule has 2 aromatic rings. The van der Waals surface area contributed by atoms with E-state index in [1.165, 1.54) is 17.7 Å². The lowest BCUT2D eigenvalue weighted by atomic mass is 10.1. The van der Waals surface area contributed by atoms with Gasteiger partial charge in [0, 0.05) is 6.54 Å². The molecule has 2 rings (SSSR count). The van der Waals surface area contributed by atoms with E-state index in [1.54, 1.807) is 0 Å². The summed E-state index contributed by atoms with van der Waals surface area (Å²) >= 11 is 5.71. The molecule has 0 heterocycles. The molecule has 0 fully saturated rings. The van der Waals surface area contributed by atoms with Gasteiger partial charge in [-0.25, -0.2) is 12.8 Å². The largest absolute Gasteiger partial charge is 0.355 e. The van der Waals surface area contributed by atoms with Crippen molar-refractivity contribution >= 4 is 33.2 Å². The van der Waals surface area contributed by atoms with Gasteiger partial charge in [0.1, 0.15) is 12.4 Å². The highest BCUT2D eigenvalue weighted by atomic mass is 35.5. The second-order valence-corrected chi connectivity index (χ2v) is 8.12. The van der Waals surface area contributed by atoms with Gasteiger partial charge in [0.05, 0.1) is 17.0 Å². The maximum Gasteiger partial charge on any atom is 0.240 e. The fourth-order valence-electron chi connectivity index (χ4n) is 2.39. The summed E-state index contributed by atoms with van der Waals surface area (Å²) in [6, 6.07) is 13.4. The molecule has 0 saturated heterocycles. The third-order valence-electron chi connectivity index (χ3n) is 3.69. The van der Waals surface area contributed by atoms with Gasteiger partial charge in [-0.1, -0.05) is 41.9 Å². The molecule has 1 amide bonds. The molecule has 0 unspecified atom stereocenters. The van der Waals surface area contributed by atoms with E-state index in [9.17, 15) is 17.6 Å². The van der Waals surface area contributed by atoms with Gasteiger partial charge >= 0.3 is 0 Å². The highest BCUT2D eigenvalue weighted by Gasteiger charge is 2.21. The molecule has 0 bridgehead atoms. The Balaban J connectivity index is 1.93. The highest BCUT2D eigenvalue weighted by Crippen LogP contribution is 2.24. The Kier molecular flexibility index (Phi) is 6.99. The first-order chi connectivity index (χ1) is 12.3. The van der Waals surface area contributed by atoms with Crippen LogP contribution >= 0.6 is 11.6 Å². The minimum Gasteiger partial charge on any atom is -0.355 e. The van der Waals surface area contributed by atoms with Crippen LogP contribution in [0.5, 0.6) is 0 Å². The first-order valence-electron chi connectivity index (χ1n) is 8.01. The number of hydrogen-bond acceptors (Lipinski definition) is 3. The third-order valence-corrected chi connectivity index (χ3v) is 5.12. The van der Waals surface area contributed by atoms with Crippen LogP contribution in [0.4, 0.5) is 10.1 Å². The average Bonchev–Trinajstić information content (AvgIpc) is 2.59. The zero-order valence-electron chi connectivity index (χ0n) is 14.3. The van der Waals surface area contributed by atoms with Crippen molar-refractivity contribution in [3.8, 4) is 0 Å². The number of carbonyl (C=O) groups excluding carboxylic acids is 1. The van der Waals surface area contributed by atoms with Gasteiger partial charge in [-0.2, -0.15) is 0 Å². The van der Waals surface area contributed by atoms with Crippen molar-refractivity contribution in [2.45, 2.75) is 12.8 Å². The predicted octanol–water partition coefficient (Wildman–Crippen LogP) is 2.99. The average molecular weight is 399 g/mol. The zero-order valence-corrected chi connectivity index (χ0v) is 15.9. The number of halogens is 2. The summed E-state index contributed by atoms with van der Waals surface area (Å²) in [6.07, 6.45) is 2.52. The number of aryl methyl sites for hydroxylation is 1. The van der Waals surface area contributed by atoms with E-state index < -0.39 is 28.3 Å². The maximum absolute atomic E-state index is 13.3. The van der Waals surface area contributed by atoms with Crippen LogP contribution in [-0.4, -0.2) is 33.7 Å². The summed E-state index contributed by atoms with van der Waals surface area (Å²) in [6.45, 7) is 0.0294. The van der Waals surface area contributed by atoms with E-state index in [2.05, 4.69) is 5.32 Å². The zero-order chi connectivity index (χ0) is 19.2. The first-order valence-corrected chi connectivity index (χ1v) is 10.2. The molecular weight excluding hydrogens is 379 g/mol. The smallest absolute Gasteiger partial charge is 0.240 e. The van der Waals surface area contributed by atoms with Crippen LogP contribution in [0.3, 0.4) is 0 Å². The van der Waals surface area contributed by atoms with Crippen LogP contribution in [-0.2, 0) is 21.2 Å². The number of amides is 1. The Morgan fingerprint density at radius 1 is 1.19 bits per heavy atom. The van der Waals surface area contributed by atoms with E-state index >= 15 is 0 Å². The van der Waals surface area contributed by atoms with Crippen molar-refractivity contribution in [3.05, 3.63) is 64.9 Å². The molecule has 140 valence electrons. The summed E-state index contributed by atoms with van der Waals surface area (Å²) in [5.74, 6) is -1.10. The molecule has 1 N–H and O–H groups in total. The van der Waals surface area contributed by atoms with Gasteiger partial charge in [-0.15, -0.1) is 0 Å². The van der Waals surface area contributed by atoms with Crippen molar-refractivity contribution in [3.63, 3.8) is 0 Å². The third kappa shape index (κ3) is 6.00.